The second-order valence-corrected chi connectivity index (χ2v) is 5.20. The van der Waals surface area contributed by atoms with Gasteiger partial charge in [0.2, 0.25) is 11.7 Å². The first-order valence-electron chi connectivity index (χ1n) is 5.53. The maximum atomic E-state index is 13.0. The minimum atomic E-state index is -0.326. The molecule has 0 saturated carbocycles. The van der Waals surface area contributed by atoms with E-state index < -0.39 is 0 Å². The molecule has 0 unspecified atom stereocenters. The highest BCUT2D eigenvalue weighted by atomic mass is 79.9. The topological polar surface area (TPSA) is 64.9 Å². The summed E-state index contributed by atoms with van der Waals surface area (Å²) in [5.41, 5.74) is 6.59. The van der Waals surface area contributed by atoms with Gasteiger partial charge in [0, 0.05) is 10.0 Å². The molecule has 18 heavy (non-hydrogen) atoms. The van der Waals surface area contributed by atoms with E-state index in [1.165, 1.54) is 12.1 Å². The quantitative estimate of drug-likeness (QED) is 0.944. The minimum Gasteiger partial charge on any atom is -0.337 e. The van der Waals surface area contributed by atoms with Crippen LogP contribution in [0.3, 0.4) is 0 Å². The highest BCUT2D eigenvalue weighted by molar-refractivity contribution is 9.10. The molecular formula is C12H13BrFN3O. The van der Waals surface area contributed by atoms with E-state index >= 15 is 0 Å². The lowest BCUT2D eigenvalue weighted by atomic mass is 10.1. The summed E-state index contributed by atoms with van der Waals surface area (Å²) in [5, 5.41) is 3.86. The summed E-state index contributed by atoms with van der Waals surface area (Å²) in [6, 6.07) is 3.99. The average Bonchev–Trinajstić information content (AvgIpc) is 2.77. The lowest BCUT2D eigenvalue weighted by Crippen LogP contribution is -2.16. The van der Waals surface area contributed by atoms with Crippen molar-refractivity contribution in [1.29, 1.82) is 0 Å². The van der Waals surface area contributed by atoms with Gasteiger partial charge < -0.3 is 10.3 Å². The third-order valence-corrected chi connectivity index (χ3v) is 3.27. The number of nitrogens with two attached hydrogens (primary N) is 1. The van der Waals surface area contributed by atoms with Crippen molar-refractivity contribution in [2.75, 3.05) is 0 Å². The molecule has 0 aliphatic carbocycles. The number of benzene rings is 1. The number of nitrogens with zero attached hydrogens (tertiary/aromatic N) is 2. The molecule has 1 aromatic carbocycles. The van der Waals surface area contributed by atoms with Gasteiger partial charge in [0.15, 0.2) is 0 Å². The van der Waals surface area contributed by atoms with Crippen LogP contribution in [0.4, 0.5) is 4.39 Å². The Hall–Kier alpha value is -1.27. The van der Waals surface area contributed by atoms with E-state index in [-0.39, 0.29) is 17.8 Å². The van der Waals surface area contributed by atoms with Crippen molar-refractivity contribution in [3.63, 3.8) is 0 Å². The van der Waals surface area contributed by atoms with E-state index in [4.69, 9.17) is 10.3 Å². The maximum Gasteiger partial charge on any atom is 0.244 e. The van der Waals surface area contributed by atoms with Crippen molar-refractivity contribution < 1.29 is 8.91 Å². The highest BCUT2D eigenvalue weighted by Gasteiger charge is 2.19. The summed E-state index contributed by atoms with van der Waals surface area (Å²) in [6.07, 6.45) is 0. The van der Waals surface area contributed by atoms with Gasteiger partial charge in [-0.2, -0.15) is 4.98 Å². The molecule has 96 valence electrons. The van der Waals surface area contributed by atoms with Gasteiger partial charge in [0.25, 0.3) is 0 Å². The molecule has 0 radical (unpaired) electrons. The molecule has 0 spiro atoms. The Kier molecular flexibility index (Phi) is 3.77. The Bertz CT molecular complexity index is 556. The fraction of sp³-hybridized carbons (Fsp3) is 0.333. The highest BCUT2D eigenvalue weighted by Crippen LogP contribution is 2.28. The van der Waals surface area contributed by atoms with Gasteiger partial charge in [-0.15, -0.1) is 0 Å². The van der Waals surface area contributed by atoms with Crippen LogP contribution in [-0.2, 0) is 0 Å². The van der Waals surface area contributed by atoms with Crippen LogP contribution < -0.4 is 5.73 Å². The molecule has 0 amide bonds. The van der Waals surface area contributed by atoms with E-state index in [0.29, 0.717) is 21.8 Å². The SMILES string of the molecule is CC(C)[C@@H](N)c1nc(-c2ccc(F)cc2Br)no1. The van der Waals surface area contributed by atoms with Gasteiger partial charge >= 0.3 is 0 Å². The maximum absolute atomic E-state index is 13.0. The number of hydrogen-bond acceptors (Lipinski definition) is 4. The third-order valence-electron chi connectivity index (χ3n) is 2.62. The van der Waals surface area contributed by atoms with Crippen LogP contribution in [0.1, 0.15) is 25.8 Å². The fourth-order valence-corrected chi connectivity index (χ4v) is 1.96. The Morgan fingerprint density at radius 2 is 2.11 bits per heavy atom. The monoisotopic (exact) mass is 313 g/mol. The number of halogens is 2. The van der Waals surface area contributed by atoms with Crippen LogP contribution >= 0.6 is 15.9 Å². The number of rotatable bonds is 3. The lowest BCUT2D eigenvalue weighted by molar-refractivity contribution is 0.325. The van der Waals surface area contributed by atoms with Gasteiger partial charge in [0.05, 0.1) is 6.04 Å². The predicted octanol–water partition coefficient (Wildman–Crippen LogP) is 3.29. The largest absolute Gasteiger partial charge is 0.337 e. The van der Waals surface area contributed by atoms with Gasteiger partial charge in [0.1, 0.15) is 5.82 Å². The molecule has 2 aromatic rings. The first kappa shape index (κ1) is 13.2. The van der Waals surface area contributed by atoms with Crippen LogP contribution in [0.5, 0.6) is 0 Å². The molecule has 0 aliphatic heterocycles. The third kappa shape index (κ3) is 2.59. The van der Waals surface area contributed by atoms with Crippen molar-refractivity contribution in [1.82, 2.24) is 10.1 Å². The molecule has 0 fully saturated rings. The van der Waals surface area contributed by atoms with Gasteiger partial charge in [-0.25, -0.2) is 4.39 Å². The predicted molar refractivity (Wildman–Crippen MR) is 69.2 cm³/mol. The van der Waals surface area contributed by atoms with E-state index in [2.05, 4.69) is 26.1 Å². The van der Waals surface area contributed by atoms with Gasteiger partial charge in [-0.05, 0) is 40.0 Å². The van der Waals surface area contributed by atoms with Crippen LogP contribution in [0.2, 0.25) is 0 Å². The number of aromatic nitrogens is 2. The van der Waals surface area contributed by atoms with Crippen molar-refractivity contribution in [2.24, 2.45) is 11.7 Å². The first-order valence-corrected chi connectivity index (χ1v) is 6.33. The summed E-state index contributed by atoms with van der Waals surface area (Å²) < 4.78 is 18.7. The zero-order valence-electron chi connectivity index (χ0n) is 10.0. The lowest BCUT2D eigenvalue weighted by Gasteiger charge is -2.09. The Morgan fingerprint density at radius 1 is 1.39 bits per heavy atom. The smallest absolute Gasteiger partial charge is 0.244 e. The second kappa shape index (κ2) is 5.16. The molecule has 2 N–H and O–H groups in total. The normalized spacial score (nSPS) is 13.0. The van der Waals surface area contributed by atoms with Crippen molar-refractivity contribution in [3.8, 4) is 11.4 Å². The molecule has 4 nitrogen and oxygen atoms in total. The molecule has 0 aliphatic rings. The van der Waals surface area contributed by atoms with Crippen molar-refractivity contribution >= 4 is 15.9 Å². The molecule has 6 heteroatoms. The van der Waals surface area contributed by atoms with Crippen LogP contribution in [0.15, 0.2) is 27.2 Å². The summed E-state index contributed by atoms with van der Waals surface area (Å²) in [7, 11) is 0. The minimum absolute atomic E-state index is 0.204. The Labute approximate surface area is 113 Å². The zero-order chi connectivity index (χ0) is 13.3. The van der Waals surface area contributed by atoms with E-state index in [0.717, 1.165) is 0 Å². The molecule has 0 saturated heterocycles. The van der Waals surface area contributed by atoms with Crippen LogP contribution in [0, 0.1) is 11.7 Å². The molecule has 2 rings (SSSR count). The average molecular weight is 314 g/mol. The van der Waals surface area contributed by atoms with Crippen molar-refractivity contribution in [2.45, 2.75) is 19.9 Å². The van der Waals surface area contributed by atoms with Gasteiger partial charge in [-0.1, -0.05) is 19.0 Å². The molecule has 1 atom stereocenters. The molecule has 1 aromatic heterocycles. The van der Waals surface area contributed by atoms with E-state index in [1.54, 1.807) is 6.07 Å². The molecule has 0 bridgehead atoms. The number of hydrogen-bond donors (Lipinski definition) is 1. The molecule has 1 heterocycles. The fourth-order valence-electron chi connectivity index (χ4n) is 1.44. The standard InChI is InChI=1S/C12H13BrFN3O/c1-6(2)10(15)12-16-11(17-18-12)8-4-3-7(14)5-9(8)13/h3-6,10H,15H2,1-2H3/t10-/m1/s1. The summed E-state index contributed by atoms with van der Waals surface area (Å²) in [6.45, 7) is 3.95. The summed E-state index contributed by atoms with van der Waals surface area (Å²) in [5.74, 6) is 0.660. The summed E-state index contributed by atoms with van der Waals surface area (Å²) in [4.78, 5) is 4.24. The Morgan fingerprint density at radius 3 is 2.72 bits per heavy atom. The van der Waals surface area contributed by atoms with Crippen LogP contribution in [0.25, 0.3) is 11.4 Å². The summed E-state index contributed by atoms with van der Waals surface area (Å²) >= 11 is 3.27. The van der Waals surface area contributed by atoms with Gasteiger partial charge in [-0.3, -0.25) is 0 Å². The Balaban J connectivity index is 2.35. The van der Waals surface area contributed by atoms with Crippen molar-refractivity contribution in [3.05, 3.63) is 34.4 Å². The van der Waals surface area contributed by atoms with E-state index in [9.17, 15) is 4.39 Å². The first-order chi connectivity index (χ1) is 8.49. The van der Waals surface area contributed by atoms with Crippen LogP contribution in [-0.4, -0.2) is 10.1 Å². The molecular weight excluding hydrogens is 301 g/mol. The second-order valence-electron chi connectivity index (χ2n) is 4.35. The zero-order valence-corrected chi connectivity index (χ0v) is 11.6. The van der Waals surface area contributed by atoms with E-state index in [1.807, 2.05) is 13.8 Å².